The first-order valence-electron chi connectivity index (χ1n) is 41.4. The van der Waals surface area contributed by atoms with E-state index >= 15 is 0 Å². The topological polar surface area (TPSA) is 237 Å². The lowest BCUT2D eigenvalue weighted by Gasteiger charge is -2.21. The quantitative estimate of drug-likeness (QED) is 0.0169. The van der Waals surface area contributed by atoms with E-state index in [9.17, 15) is 43.2 Å². The van der Waals surface area contributed by atoms with Crippen molar-refractivity contribution < 1.29 is 80.2 Å². The van der Waals surface area contributed by atoms with E-state index in [1.54, 1.807) is 0 Å². The number of unbranched alkanes of at least 4 members (excludes halogenated alkanes) is 22. The Morgan fingerprint density at radius 2 is 0.481 bits per heavy atom. The fourth-order valence-electron chi connectivity index (χ4n) is 10.4. The Balaban J connectivity index is 5.57. The monoisotopic (exact) mass is 1550 g/mol. The molecule has 0 aromatic carbocycles. The van der Waals surface area contributed by atoms with Crippen molar-refractivity contribution >= 4 is 39.5 Å². The highest BCUT2D eigenvalue weighted by molar-refractivity contribution is 7.47. The number of aliphatic hydroxyl groups is 1. The molecule has 0 aromatic heterocycles. The summed E-state index contributed by atoms with van der Waals surface area (Å²) in [5, 5.41) is 10.6. The minimum atomic E-state index is -5.03. The van der Waals surface area contributed by atoms with Crippen LogP contribution in [0.5, 0.6) is 0 Å². The van der Waals surface area contributed by atoms with Crippen LogP contribution in [0.2, 0.25) is 0 Å². The van der Waals surface area contributed by atoms with Gasteiger partial charge in [-0.3, -0.25) is 37.3 Å². The molecule has 0 radical (unpaired) electrons. The summed E-state index contributed by atoms with van der Waals surface area (Å²) in [5.74, 6) is -2.44. The molecular weight excluding hydrogens is 1400 g/mol. The van der Waals surface area contributed by atoms with Crippen LogP contribution in [-0.2, 0) is 65.4 Å². The van der Waals surface area contributed by atoms with Gasteiger partial charge in [-0.1, -0.05) is 313 Å². The van der Waals surface area contributed by atoms with E-state index in [0.717, 1.165) is 103 Å². The van der Waals surface area contributed by atoms with Gasteiger partial charge < -0.3 is 33.8 Å². The third-order valence-corrected chi connectivity index (χ3v) is 18.6. The Hall–Kier alpha value is -5.58. The van der Waals surface area contributed by atoms with Crippen molar-refractivity contribution in [2.24, 2.45) is 0 Å². The third-order valence-electron chi connectivity index (χ3n) is 16.7. The predicted octanol–water partition coefficient (Wildman–Crippen LogP) is 24.6. The van der Waals surface area contributed by atoms with Gasteiger partial charge in [-0.15, -0.1) is 0 Å². The van der Waals surface area contributed by atoms with Crippen molar-refractivity contribution in [2.75, 3.05) is 39.6 Å². The maximum atomic E-state index is 13.1. The average molecular weight is 1550 g/mol. The minimum Gasteiger partial charge on any atom is -0.462 e. The van der Waals surface area contributed by atoms with Crippen LogP contribution < -0.4 is 0 Å². The average Bonchev–Trinajstić information content (AvgIpc) is 0.897. The van der Waals surface area contributed by atoms with Crippen LogP contribution in [0.4, 0.5) is 0 Å². The van der Waals surface area contributed by atoms with Gasteiger partial charge in [0, 0.05) is 25.7 Å². The number of phosphoric ester groups is 2. The molecule has 19 heteroatoms. The molecule has 0 fully saturated rings. The summed E-state index contributed by atoms with van der Waals surface area (Å²) in [6, 6.07) is 0. The normalized spacial score (nSPS) is 14.7. The molecule has 108 heavy (non-hydrogen) atoms. The molecule has 0 aliphatic rings. The summed E-state index contributed by atoms with van der Waals surface area (Å²) in [4.78, 5) is 73.0. The Morgan fingerprint density at radius 1 is 0.259 bits per heavy atom. The second kappa shape index (κ2) is 79.5. The zero-order chi connectivity index (χ0) is 78.9. The van der Waals surface area contributed by atoms with Crippen molar-refractivity contribution in [3.8, 4) is 0 Å². The maximum absolute atomic E-state index is 13.1. The lowest BCUT2D eigenvalue weighted by atomic mass is 10.0. The molecule has 0 heterocycles. The van der Waals surface area contributed by atoms with Crippen LogP contribution >= 0.6 is 15.6 Å². The first kappa shape index (κ1) is 102. The molecule has 0 amide bonds. The van der Waals surface area contributed by atoms with E-state index in [2.05, 4.69) is 149 Å². The van der Waals surface area contributed by atoms with Crippen molar-refractivity contribution in [3.05, 3.63) is 170 Å². The molecule has 3 N–H and O–H groups in total. The second-order valence-electron chi connectivity index (χ2n) is 27.0. The number of rotatable bonds is 76. The van der Waals surface area contributed by atoms with E-state index in [1.807, 2.05) is 48.6 Å². The summed E-state index contributed by atoms with van der Waals surface area (Å²) in [6.07, 6.45) is 95.1. The molecule has 17 nitrogen and oxygen atoms in total. The van der Waals surface area contributed by atoms with Gasteiger partial charge in [0.25, 0.3) is 0 Å². The van der Waals surface area contributed by atoms with Gasteiger partial charge in [0.05, 0.1) is 26.4 Å². The van der Waals surface area contributed by atoms with E-state index in [4.69, 9.17) is 37.0 Å². The highest BCUT2D eigenvalue weighted by atomic mass is 31.2. The maximum Gasteiger partial charge on any atom is 0.472 e. The van der Waals surface area contributed by atoms with Gasteiger partial charge in [-0.25, -0.2) is 9.13 Å². The van der Waals surface area contributed by atoms with Crippen LogP contribution in [0, 0.1) is 0 Å². The molecule has 0 bridgehead atoms. The molecule has 0 spiro atoms. The molecule has 5 atom stereocenters. The molecule has 0 saturated heterocycles. The van der Waals surface area contributed by atoms with E-state index in [0.29, 0.717) is 44.9 Å². The largest absolute Gasteiger partial charge is 0.472 e. The van der Waals surface area contributed by atoms with Crippen molar-refractivity contribution in [1.82, 2.24) is 0 Å². The van der Waals surface area contributed by atoms with E-state index in [1.165, 1.54) is 109 Å². The van der Waals surface area contributed by atoms with Crippen LogP contribution in [0.15, 0.2) is 170 Å². The number of carbonyl (C=O) groups excluding carboxylic acids is 4. The van der Waals surface area contributed by atoms with Crippen molar-refractivity contribution in [2.45, 2.75) is 329 Å². The Bertz CT molecular complexity index is 2710. The number of carbonyl (C=O) groups is 4. The summed E-state index contributed by atoms with van der Waals surface area (Å²) >= 11 is 0. The highest BCUT2D eigenvalue weighted by Crippen LogP contribution is 2.45. The van der Waals surface area contributed by atoms with E-state index in [-0.39, 0.29) is 25.7 Å². The van der Waals surface area contributed by atoms with Gasteiger partial charge in [-0.2, -0.15) is 0 Å². The Labute approximate surface area is 654 Å². The number of phosphoric acid groups is 2. The van der Waals surface area contributed by atoms with Crippen LogP contribution in [0.3, 0.4) is 0 Å². The highest BCUT2D eigenvalue weighted by Gasteiger charge is 2.30. The number of ether oxygens (including phenoxy) is 4. The second-order valence-corrected chi connectivity index (χ2v) is 29.9. The molecule has 614 valence electrons. The third kappa shape index (κ3) is 78.5. The van der Waals surface area contributed by atoms with Gasteiger partial charge in [0.1, 0.15) is 19.3 Å². The SMILES string of the molecule is CCCCC/C=C\C/C=C\C/C=C\C/C=C\C/C=C\CCC(=O)OC[C@H](COP(=O)(O)OC[C@@H](O)COP(=O)(O)OC[C@@H](COC(=O)CCCCCCCCCCCCCCC)OC(=O)CCC/C=C\C/C=C\C/C=C\C/C=C\CCCCC)OC(=O)CC/C=C\C/C=C\C/C=C\C/C=C\C/C=C\CCCCC. The minimum absolute atomic E-state index is 0.0120. The predicted molar refractivity (Wildman–Crippen MR) is 445 cm³/mol. The van der Waals surface area contributed by atoms with Crippen molar-refractivity contribution in [3.63, 3.8) is 0 Å². The Kier molecular flexibility index (Phi) is 75.4. The van der Waals surface area contributed by atoms with Gasteiger partial charge in [0.2, 0.25) is 0 Å². The number of esters is 4. The fraction of sp³-hybridized carbons (Fsp3) is 0.640. The van der Waals surface area contributed by atoms with Crippen LogP contribution in [0.1, 0.15) is 310 Å². The number of hydrogen-bond donors (Lipinski definition) is 3. The molecule has 0 rings (SSSR count). The summed E-state index contributed by atoms with van der Waals surface area (Å²) in [7, 11) is -10.0. The summed E-state index contributed by atoms with van der Waals surface area (Å²) in [6.45, 7) is 4.56. The number of aliphatic hydroxyl groups excluding tert-OH is 1. The number of allylic oxidation sites excluding steroid dienone is 28. The molecule has 0 aromatic rings. The lowest BCUT2D eigenvalue weighted by molar-refractivity contribution is -0.161. The van der Waals surface area contributed by atoms with Gasteiger partial charge >= 0.3 is 39.5 Å². The summed E-state index contributed by atoms with van der Waals surface area (Å²) in [5.41, 5.74) is 0. The first-order valence-corrected chi connectivity index (χ1v) is 44.4. The first-order chi connectivity index (χ1) is 52.7. The zero-order valence-corrected chi connectivity index (χ0v) is 69.0. The van der Waals surface area contributed by atoms with Crippen molar-refractivity contribution in [1.29, 1.82) is 0 Å². The smallest absolute Gasteiger partial charge is 0.462 e. The summed E-state index contributed by atoms with van der Waals surface area (Å²) < 4.78 is 68.4. The zero-order valence-electron chi connectivity index (χ0n) is 67.2. The van der Waals surface area contributed by atoms with Gasteiger partial charge in [-0.05, 0) is 141 Å². The molecule has 2 unspecified atom stereocenters. The molecule has 0 saturated carbocycles. The van der Waals surface area contributed by atoms with Crippen LogP contribution in [-0.4, -0.2) is 96.7 Å². The van der Waals surface area contributed by atoms with Crippen LogP contribution in [0.25, 0.3) is 0 Å². The van der Waals surface area contributed by atoms with Gasteiger partial charge in [0.15, 0.2) is 12.2 Å². The number of hydrogen-bond acceptors (Lipinski definition) is 15. The standard InChI is InChI=1S/C89H146O17P2/c1-5-9-13-17-21-25-29-33-36-39-41-44-46-50-54-58-62-66-70-74-87(92)100-80-85(106-89(94)76-72-68-64-60-56-52-48-45-42-40-37-34-30-26-22-18-14-10-6-2)82-104-108(97,98)102-78-83(90)77-101-107(95,96)103-81-84(79-99-86(91)73-69-65-61-57-53-49-32-28-24-20-16-12-8-4)105-88(93)75-71-67-63-59-55-51-47-43-38-35-31-27-23-19-15-11-7-3/h21-23,25-27,33-38,41-42,44-45,47,50-52,54,56,59,62-64,66,68,83-85,90H,5-20,24,28-32,39-40,43,46,48-49,53,55,57-58,60-61,65,67,69-82H2,1-4H3,(H,95,96)(H,97,98)/b25-21-,26-22-,27-23-,36-33-,37-34-,38-35-,44-41-,45-42-,51-47-,54-50-,56-52-,63-59-,66-62-,68-64-/t83-,84+,85+/m0/s1. The Morgan fingerprint density at radius 3 is 0.796 bits per heavy atom. The lowest BCUT2D eigenvalue weighted by Crippen LogP contribution is -2.30. The molecule has 0 aliphatic carbocycles. The molecule has 0 aliphatic heterocycles. The molecular formula is C89H146O17P2. The van der Waals surface area contributed by atoms with E-state index < -0.39 is 97.5 Å². The fourth-order valence-corrected chi connectivity index (χ4v) is 11.9.